The van der Waals surface area contributed by atoms with E-state index in [1.807, 2.05) is 0 Å². The summed E-state index contributed by atoms with van der Waals surface area (Å²) in [5.41, 5.74) is 0. The number of rotatable bonds is 0. The normalized spacial score (nSPS) is 36.3. The van der Waals surface area contributed by atoms with Crippen molar-refractivity contribution in [3.05, 3.63) is 0 Å². The largest absolute Gasteiger partial charge is 0.323 e. The number of piperidine rings is 2. The maximum atomic E-state index is 2.43. The molecule has 0 aromatic rings. The van der Waals surface area contributed by atoms with E-state index in [2.05, 4.69) is 13.8 Å². The molecule has 0 aromatic heterocycles. The van der Waals surface area contributed by atoms with E-state index < -0.39 is 0 Å². The van der Waals surface area contributed by atoms with Gasteiger partial charge in [0.05, 0.1) is 52.4 Å². The quantitative estimate of drug-likeness (QED) is 0.592. The van der Waals surface area contributed by atoms with Crippen LogP contribution in [0.4, 0.5) is 0 Å². The molecule has 128 valence electrons. The first kappa shape index (κ1) is 16.8. The van der Waals surface area contributed by atoms with Crippen LogP contribution in [0.2, 0.25) is 0 Å². The van der Waals surface area contributed by atoms with E-state index in [9.17, 15) is 0 Å². The van der Waals surface area contributed by atoms with E-state index in [0.717, 1.165) is 11.8 Å². The summed E-state index contributed by atoms with van der Waals surface area (Å²) in [5.74, 6) is 2.01. The van der Waals surface area contributed by atoms with Crippen molar-refractivity contribution in [2.45, 2.75) is 65.2 Å². The lowest BCUT2D eigenvalue weighted by molar-refractivity contribution is -0.924. The van der Waals surface area contributed by atoms with Crippen molar-refractivity contribution < 1.29 is 8.97 Å². The molecule has 2 heteroatoms. The van der Waals surface area contributed by atoms with Gasteiger partial charge in [-0.1, -0.05) is 13.8 Å². The van der Waals surface area contributed by atoms with Crippen LogP contribution in [0.25, 0.3) is 0 Å². The van der Waals surface area contributed by atoms with Crippen molar-refractivity contribution in [1.29, 1.82) is 0 Å². The SMILES string of the molecule is CC1CCC[N+]2(CCCC2)C1.CC1CC[N+]2(CCCCC2)C1. The van der Waals surface area contributed by atoms with Crippen LogP contribution in [0.3, 0.4) is 0 Å². The number of nitrogens with zero attached hydrogens (tertiary/aromatic N) is 2. The summed E-state index contributed by atoms with van der Waals surface area (Å²) in [4.78, 5) is 0. The number of hydrogen-bond donors (Lipinski definition) is 0. The molecule has 0 bridgehead atoms. The van der Waals surface area contributed by atoms with Gasteiger partial charge in [0.15, 0.2) is 0 Å². The molecule has 0 aliphatic carbocycles. The van der Waals surface area contributed by atoms with Gasteiger partial charge >= 0.3 is 0 Å². The van der Waals surface area contributed by atoms with Crippen LogP contribution in [0.1, 0.15) is 65.2 Å². The van der Waals surface area contributed by atoms with Crippen molar-refractivity contribution in [2.75, 3.05) is 52.4 Å². The predicted octanol–water partition coefficient (Wildman–Crippen LogP) is 4.05. The Balaban J connectivity index is 0.000000131. The molecule has 2 atom stereocenters. The Morgan fingerprint density at radius 1 is 0.500 bits per heavy atom. The molecule has 4 fully saturated rings. The van der Waals surface area contributed by atoms with Gasteiger partial charge in [-0.3, -0.25) is 0 Å². The van der Waals surface area contributed by atoms with E-state index in [0.29, 0.717) is 0 Å². The summed E-state index contributed by atoms with van der Waals surface area (Å²) in [6, 6.07) is 0. The summed E-state index contributed by atoms with van der Waals surface area (Å²) in [6.45, 7) is 16.8. The van der Waals surface area contributed by atoms with Crippen LogP contribution < -0.4 is 0 Å². The van der Waals surface area contributed by atoms with E-state index in [1.165, 1.54) is 113 Å². The molecule has 0 aromatic carbocycles. The fourth-order valence-electron chi connectivity index (χ4n) is 5.96. The van der Waals surface area contributed by atoms with Crippen LogP contribution in [-0.4, -0.2) is 61.3 Å². The average Bonchev–Trinajstić information content (AvgIpc) is 3.08. The van der Waals surface area contributed by atoms with Gasteiger partial charge in [0.25, 0.3) is 0 Å². The summed E-state index contributed by atoms with van der Waals surface area (Å²) < 4.78 is 2.97. The van der Waals surface area contributed by atoms with Crippen molar-refractivity contribution in [2.24, 2.45) is 11.8 Å². The summed E-state index contributed by atoms with van der Waals surface area (Å²) in [6.07, 6.45) is 11.9. The second kappa shape index (κ2) is 7.21. The Hall–Kier alpha value is -0.0800. The van der Waals surface area contributed by atoms with Gasteiger partial charge in [0, 0.05) is 31.1 Å². The Kier molecular flexibility index (Phi) is 5.50. The third kappa shape index (κ3) is 4.06. The molecule has 2 nitrogen and oxygen atoms in total. The highest BCUT2D eigenvalue weighted by atomic mass is 15.4. The van der Waals surface area contributed by atoms with E-state index >= 15 is 0 Å². The predicted molar refractivity (Wildman–Crippen MR) is 94.7 cm³/mol. The van der Waals surface area contributed by atoms with Crippen LogP contribution in [0, 0.1) is 11.8 Å². The van der Waals surface area contributed by atoms with Crippen molar-refractivity contribution in [3.8, 4) is 0 Å². The molecule has 4 aliphatic heterocycles. The molecule has 2 unspecified atom stereocenters. The molecule has 0 saturated carbocycles. The number of hydrogen-bond acceptors (Lipinski definition) is 0. The highest BCUT2D eigenvalue weighted by Crippen LogP contribution is 2.29. The van der Waals surface area contributed by atoms with Gasteiger partial charge in [0.1, 0.15) is 0 Å². The Labute approximate surface area is 139 Å². The lowest BCUT2D eigenvalue weighted by Crippen LogP contribution is -2.51. The average molecular weight is 309 g/mol. The van der Waals surface area contributed by atoms with Gasteiger partial charge in [-0.05, 0) is 32.1 Å². The van der Waals surface area contributed by atoms with Crippen LogP contribution in [0.15, 0.2) is 0 Å². The summed E-state index contributed by atoms with van der Waals surface area (Å²) in [5, 5.41) is 0. The molecule has 4 saturated heterocycles. The first-order valence-corrected chi connectivity index (χ1v) is 10.3. The molecule has 0 amide bonds. The fraction of sp³-hybridized carbons (Fsp3) is 1.00. The van der Waals surface area contributed by atoms with Gasteiger partial charge < -0.3 is 8.97 Å². The zero-order valence-corrected chi connectivity index (χ0v) is 15.4. The van der Waals surface area contributed by atoms with Crippen molar-refractivity contribution in [3.63, 3.8) is 0 Å². The van der Waals surface area contributed by atoms with E-state index in [-0.39, 0.29) is 0 Å². The zero-order chi connectivity index (χ0) is 15.5. The molecular weight excluding hydrogens is 268 g/mol. The Morgan fingerprint density at radius 3 is 1.45 bits per heavy atom. The first-order chi connectivity index (χ1) is 10.6. The van der Waals surface area contributed by atoms with Crippen LogP contribution in [-0.2, 0) is 0 Å². The minimum Gasteiger partial charge on any atom is -0.323 e. The van der Waals surface area contributed by atoms with Gasteiger partial charge in [-0.25, -0.2) is 0 Å². The second-order valence-electron chi connectivity index (χ2n) is 9.30. The molecular formula is C20H40N2+2. The Morgan fingerprint density at radius 2 is 0.955 bits per heavy atom. The monoisotopic (exact) mass is 308 g/mol. The number of quaternary nitrogens is 2. The topological polar surface area (TPSA) is 0 Å². The summed E-state index contributed by atoms with van der Waals surface area (Å²) in [7, 11) is 0. The molecule has 4 rings (SSSR count). The third-order valence-corrected chi connectivity index (χ3v) is 7.10. The van der Waals surface area contributed by atoms with Gasteiger partial charge in [0.2, 0.25) is 0 Å². The highest BCUT2D eigenvalue weighted by Gasteiger charge is 2.37. The van der Waals surface area contributed by atoms with E-state index in [1.54, 1.807) is 0 Å². The lowest BCUT2D eigenvalue weighted by Gasteiger charge is -2.40. The van der Waals surface area contributed by atoms with Crippen molar-refractivity contribution >= 4 is 0 Å². The third-order valence-electron chi connectivity index (χ3n) is 7.10. The Bertz CT molecular complexity index is 334. The molecule has 4 heterocycles. The molecule has 4 aliphatic rings. The molecule has 0 N–H and O–H groups in total. The van der Waals surface area contributed by atoms with Crippen LogP contribution in [0.5, 0.6) is 0 Å². The molecule has 0 radical (unpaired) electrons. The lowest BCUT2D eigenvalue weighted by atomic mass is 9.98. The van der Waals surface area contributed by atoms with Gasteiger partial charge in [-0.2, -0.15) is 0 Å². The maximum Gasteiger partial charge on any atom is 0.0814 e. The van der Waals surface area contributed by atoms with E-state index in [4.69, 9.17) is 0 Å². The standard InChI is InChI=1S/2C10H20N/c1-10-5-4-8-11(9-10)6-2-3-7-11;1-10-5-8-11(9-10)6-3-2-4-7-11/h2*10H,2-9H2,1H3/q2*+1. The fourth-order valence-corrected chi connectivity index (χ4v) is 5.96. The van der Waals surface area contributed by atoms with Gasteiger partial charge in [-0.15, -0.1) is 0 Å². The maximum absolute atomic E-state index is 2.43. The molecule has 2 spiro atoms. The molecule has 22 heavy (non-hydrogen) atoms. The zero-order valence-electron chi connectivity index (χ0n) is 15.4. The van der Waals surface area contributed by atoms with Crippen LogP contribution >= 0.6 is 0 Å². The smallest absolute Gasteiger partial charge is 0.0814 e. The van der Waals surface area contributed by atoms with Crippen molar-refractivity contribution in [1.82, 2.24) is 0 Å². The second-order valence-corrected chi connectivity index (χ2v) is 9.30. The highest BCUT2D eigenvalue weighted by molar-refractivity contribution is 4.66. The summed E-state index contributed by atoms with van der Waals surface area (Å²) >= 11 is 0. The minimum absolute atomic E-state index is 1.00. The minimum atomic E-state index is 1.00. The first-order valence-electron chi connectivity index (χ1n) is 10.3.